The number of rotatable bonds is 2. The molecule has 0 aliphatic carbocycles. The van der Waals surface area contributed by atoms with Gasteiger partial charge in [-0.15, -0.1) is 0 Å². The summed E-state index contributed by atoms with van der Waals surface area (Å²) in [6.45, 7) is 0. The maximum Gasteiger partial charge on any atom is 0.266 e. The zero-order valence-corrected chi connectivity index (χ0v) is 12.6. The minimum Gasteiger partial charge on any atom is -0.268 e. The van der Waals surface area contributed by atoms with Gasteiger partial charge in [0.15, 0.2) is 0 Å². The van der Waals surface area contributed by atoms with Gasteiger partial charge in [-0.25, -0.2) is 9.29 Å². The summed E-state index contributed by atoms with van der Waals surface area (Å²) in [5.74, 6) is -1.02. The van der Waals surface area contributed by atoms with Crippen LogP contribution in [-0.2, 0) is 0 Å². The van der Waals surface area contributed by atoms with Crippen LogP contribution < -0.4 is 4.90 Å². The Balaban J connectivity index is 1.78. The second-order valence-corrected chi connectivity index (χ2v) is 5.55. The molecular formula is C20H12FNO2. The van der Waals surface area contributed by atoms with Crippen LogP contribution in [0.1, 0.15) is 20.7 Å². The normalized spacial score (nSPS) is 13.3. The van der Waals surface area contributed by atoms with Crippen LogP contribution in [0.25, 0.3) is 11.1 Å². The lowest BCUT2D eigenvalue weighted by molar-refractivity contribution is 0.0926. The van der Waals surface area contributed by atoms with E-state index < -0.39 is 0 Å². The topological polar surface area (TPSA) is 37.4 Å². The van der Waals surface area contributed by atoms with Crippen LogP contribution in [0.5, 0.6) is 0 Å². The van der Waals surface area contributed by atoms with E-state index in [0.29, 0.717) is 22.4 Å². The third-order valence-corrected chi connectivity index (χ3v) is 4.06. The number of hydrogen-bond acceptors (Lipinski definition) is 2. The smallest absolute Gasteiger partial charge is 0.266 e. The quantitative estimate of drug-likeness (QED) is 0.661. The summed E-state index contributed by atoms with van der Waals surface area (Å²) in [5.41, 5.74) is 2.71. The molecule has 3 nitrogen and oxygen atoms in total. The van der Waals surface area contributed by atoms with Gasteiger partial charge in [-0.2, -0.15) is 0 Å². The molecule has 2 amide bonds. The maximum atomic E-state index is 13.4. The van der Waals surface area contributed by atoms with Crippen molar-refractivity contribution in [2.75, 3.05) is 4.90 Å². The fourth-order valence-electron chi connectivity index (χ4n) is 2.92. The summed E-state index contributed by atoms with van der Waals surface area (Å²) in [7, 11) is 0. The van der Waals surface area contributed by atoms with Gasteiger partial charge in [0.25, 0.3) is 11.8 Å². The Kier molecular flexibility index (Phi) is 3.24. The first-order valence-electron chi connectivity index (χ1n) is 7.49. The van der Waals surface area contributed by atoms with E-state index in [9.17, 15) is 14.0 Å². The lowest BCUT2D eigenvalue weighted by atomic mass is 10.0. The Morgan fingerprint density at radius 1 is 0.667 bits per heavy atom. The van der Waals surface area contributed by atoms with Gasteiger partial charge < -0.3 is 0 Å². The third kappa shape index (κ3) is 2.20. The van der Waals surface area contributed by atoms with Crippen molar-refractivity contribution in [2.24, 2.45) is 0 Å². The summed E-state index contributed by atoms with van der Waals surface area (Å²) in [6.07, 6.45) is 0. The highest BCUT2D eigenvalue weighted by atomic mass is 19.1. The fourth-order valence-corrected chi connectivity index (χ4v) is 2.92. The van der Waals surface area contributed by atoms with Gasteiger partial charge in [0.05, 0.1) is 16.8 Å². The fraction of sp³-hybridized carbons (Fsp3) is 0. The minimum atomic E-state index is -0.341. The predicted octanol–water partition coefficient (Wildman–Crippen LogP) is 4.29. The standard InChI is InChI=1S/C20H12FNO2/c21-15-7-3-5-13(11-15)14-6-4-8-16(12-14)22-19(23)17-9-1-2-10-18(17)20(22)24/h1-12H. The van der Waals surface area contributed by atoms with Crippen LogP contribution in [0, 0.1) is 5.82 Å². The maximum absolute atomic E-state index is 13.4. The summed E-state index contributed by atoms with van der Waals surface area (Å²) >= 11 is 0. The summed E-state index contributed by atoms with van der Waals surface area (Å²) in [5, 5.41) is 0. The van der Waals surface area contributed by atoms with E-state index >= 15 is 0 Å². The average molecular weight is 317 g/mol. The van der Waals surface area contributed by atoms with E-state index in [1.165, 1.54) is 12.1 Å². The number of carbonyl (C=O) groups excluding carboxylic acids is 2. The number of fused-ring (bicyclic) bond motifs is 1. The van der Waals surface area contributed by atoms with Crippen molar-refractivity contribution >= 4 is 17.5 Å². The zero-order valence-electron chi connectivity index (χ0n) is 12.6. The van der Waals surface area contributed by atoms with Gasteiger partial charge in [-0.3, -0.25) is 9.59 Å². The molecule has 0 spiro atoms. The molecular weight excluding hydrogens is 305 g/mol. The van der Waals surface area contributed by atoms with Crippen LogP contribution in [-0.4, -0.2) is 11.8 Å². The number of amides is 2. The van der Waals surface area contributed by atoms with E-state index in [1.807, 2.05) is 6.07 Å². The van der Waals surface area contributed by atoms with Crippen molar-refractivity contribution in [2.45, 2.75) is 0 Å². The van der Waals surface area contributed by atoms with Crippen molar-refractivity contribution in [1.82, 2.24) is 0 Å². The van der Waals surface area contributed by atoms with Crippen LogP contribution in [0.3, 0.4) is 0 Å². The molecule has 24 heavy (non-hydrogen) atoms. The molecule has 1 aliphatic heterocycles. The molecule has 0 fully saturated rings. The number of nitrogens with zero attached hydrogens (tertiary/aromatic N) is 1. The second-order valence-electron chi connectivity index (χ2n) is 5.55. The predicted molar refractivity (Wildman–Crippen MR) is 89.4 cm³/mol. The summed E-state index contributed by atoms with van der Waals surface area (Å²) < 4.78 is 13.4. The first-order chi connectivity index (χ1) is 11.6. The molecule has 4 rings (SSSR count). The monoisotopic (exact) mass is 317 g/mol. The Morgan fingerprint density at radius 2 is 1.25 bits per heavy atom. The number of imide groups is 1. The number of hydrogen-bond donors (Lipinski definition) is 0. The molecule has 0 saturated carbocycles. The van der Waals surface area contributed by atoms with E-state index in [2.05, 4.69) is 0 Å². The van der Waals surface area contributed by atoms with Crippen LogP contribution in [0.15, 0.2) is 72.8 Å². The number of benzene rings is 3. The number of carbonyl (C=O) groups is 2. The Hall–Kier alpha value is -3.27. The van der Waals surface area contributed by atoms with Gasteiger partial charge >= 0.3 is 0 Å². The van der Waals surface area contributed by atoms with Crippen molar-refractivity contribution in [1.29, 1.82) is 0 Å². The van der Waals surface area contributed by atoms with Gasteiger partial charge in [0, 0.05) is 0 Å². The molecule has 0 aromatic heterocycles. The van der Waals surface area contributed by atoms with Gasteiger partial charge in [0.2, 0.25) is 0 Å². The highest BCUT2D eigenvalue weighted by Gasteiger charge is 2.36. The first kappa shape index (κ1) is 14.3. The SMILES string of the molecule is O=C1c2ccccc2C(=O)N1c1cccc(-c2cccc(F)c2)c1. The zero-order chi connectivity index (χ0) is 16.7. The van der Waals surface area contributed by atoms with Crippen LogP contribution in [0.4, 0.5) is 10.1 Å². The molecule has 0 N–H and O–H groups in total. The lowest BCUT2D eigenvalue weighted by Crippen LogP contribution is -2.29. The Morgan fingerprint density at radius 3 is 1.88 bits per heavy atom. The van der Waals surface area contributed by atoms with Gasteiger partial charge in [-0.1, -0.05) is 36.4 Å². The molecule has 0 saturated heterocycles. The van der Waals surface area contributed by atoms with Crippen molar-refractivity contribution in [3.8, 4) is 11.1 Å². The van der Waals surface area contributed by atoms with E-state index in [4.69, 9.17) is 0 Å². The Labute approximate surface area is 138 Å². The van der Waals surface area contributed by atoms with Crippen LogP contribution >= 0.6 is 0 Å². The second kappa shape index (κ2) is 5.42. The largest absolute Gasteiger partial charge is 0.268 e. The molecule has 3 aromatic carbocycles. The highest BCUT2D eigenvalue weighted by Crippen LogP contribution is 2.31. The molecule has 0 unspecified atom stereocenters. The van der Waals surface area contributed by atoms with Gasteiger partial charge in [-0.05, 0) is 47.5 Å². The Bertz CT molecular complexity index is 946. The summed E-state index contributed by atoms with van der Waals surface area (Å²) in [4.78, 5) is 26.3. The molecule has 4 heteroatoms. The molecule has 116 valence electrons. The average Bonchev–Trinajstić information content (AvgIpc) is 2.86. The van der Waals surface area contributed by atoms with Crippen molar-refractivity contribution < 1.29 is 14.0 Å². The molecule has 0 bridgehead atoms. The first-order valence-corrected chi connectivity index (χ1v) is 7.49. The lowest BCUT2D eigenvalue weighted by Gasteiger charge is -2.15. The van der Waals surface area contributed by atoms with Crippen molar-refractivity contribution in [3.05, 3.63) is 89.7 Å². The number of anilines is 1. The number of halogens is 1. The molecule has 1 heterocycles. The molecule has 3 aromatic rings. The van der Waals surface area contributed by atoms with Crippen LogP contribution in [0.2, 0.25) is 0 Å². The third-order valence-electron chi connectivity index (χ3n) is 4.06. The highest BCUT2D eigenvalue weighted by molar-refractivity contribution is 6.34. The molecule has 0 atom stereocenters. The van der Waals surface area contributed by atoms with Gasteiger partial charge in [0.1, 0.15) is 5.82 Å². The molecule has 0 radical (unpaired) electrons. The van der Waals surface area contributed by atoms with E-state index in [-0.39, 0.29) is 17.6 Å². The molecule has 1 aliphatic rings. The minimum absolute atomic E-state index is 0.335. The van der Waals surface area contributed by atoms with Crippen molar-refractivity contribution in [3.63, 3.8) is 0 Å². The summed E-state index contributed by atoms with van der Waals surface area (Å²) in [6, 6.07) is 19.9. The van der Waals surface area contributed by atoms with E-state index in [1.54, 1.807) is 54.6 Å². The van der Waals surface area contributed by atoms with E-state index in [0.717, 1.165) is 10.5 Å².